The zero-order chi connectivity index (χ0) is 11.6. The van der Waals surface area contributed by atoms with Crippen LogP contribution in [0.1, 0.15) is 0 Å². The summed E-state index contributed by atoms with van der Waals surface area (Å²) in [5.41, 5.74) is 5.42. The molecule has 1 aromatic rings. The van der Waals surface area contributed by atoms with Gasteiger partial charge in [-0.05, 0) is 18.2 Å². The Labute approximate surface area is 93.6 Å². The Hall–Kier alpha value is -0.890. The molecule has 1 rings (SSSR count). The van der Waals surface area contributed by atoms with E-state index < -0.39 is 15.8 Å². The molecule has 4 nitrogen and oxygen atoms in total. The number of nitrogen functional groups attached to an aromatic ring is 1. The van der Waals surface area contributed by atoms with Gasteiger partial charge in [0.15, 0.2) is 0 Å². The molecule has 1 aromatic carbocycles. The topological polar surface area (TPSA) is 72.2 Å². The molecule has 0 bridgehead atoms. The van der Waals surface area contributed by atoms with Gasteiger partial charge in [-0.3, -0.25) is 4.72 Å². The molecule has 84 valence electrons. The van der Waals surface area contributed by atoms with Gasteiger partial charge in [-0.25, -0.2) is 8.42 Å². The first-order chi connectivity index (χ1) is 6.83. The molecule has 15 heavy (non-hydrogen) atoms. The molecule has 0 radical (unpaired) electrons. The minimum Gasteiger partial charge on any atom is -0.397 e. The van der Waals surface area contributed by atoms with E-state index in [1.54, 1.807) is 4.72 Å². The number of sulfonamides is 1. The van der Waals surface area contributed by atoms with Gasteiger partial charge in [-0.1, -0.05) is 15.9 Å². The van der Waals surface area contributed by atoms with Crippen molar-refractivity contribution in [3.63, 3.8) is 0 Å². The highest BCUT2D eigenvalue weighted by molar-refractivity contribution is 9.10. The second kappa shape index (κ2) is 4.31. The minimum atomic E-state index is -4.67. The van der Waals surface area contributed by atoms with Gasteiger partial charge in [0.1, 0.15) is 0 Å². The lowest BCUT2D eigenvalue weighted by molar-refractivity contribution is 0.236. The van der Waals surface area contributed by atoms with Gasteiger partial charge in [-0.2, -0.15) is 8.78 Å². The Bertz CT molecular complexity index is 464. The molecule has 0 amide bonds. The molecular weight excluding hydrogens is 294 g/mol. The predicted molar refractivity (Wildman–Crippen MR) is 57.1 cm³/mol. The standard InChI is InChI=1S/C7H7BrF2N2O2S/c8-4-1-2-6(5(11)3-4)12-15(13,14)7(9)10/h1-3,7,12H,11H2. The lowest BCUT2D eigenvalue weighted by Crippen LogP contribution is -2.21. The van der Waals surface area contributed by atoms with Crippen LogP contribution in [0.4, 0.5) is 20.2 Å². The fourth-order valence-electron chi connectivity index (χ4n) is 0.824. The highest BCUT2D eigenvalue weighted by atomic mass is 79.9. The van der Waals surface area contributed by atoms with E-state index in [4.69, 9.17) is 5.73 Å². The Balaban J connectivity index is 3.01. The van der Waals surface area contributed by atoms with Gasteiger partial charge >= 0.3 is 5.76 Å². The van der Waals surface area contributed by atoms with Crippen molar-refractivity contribution >= 4 is 37.3 Å². The van der Waals surface area contributed by atoms with E-state index >= 15 is 0 Å². The molecule has 0 saturated carbocycles. The highest BCUT2D eigenvalue weighted by Gasteiger charge is 2.24. The van der Waals surface area contributed by atoms with E-state index in [1.807, 2.05) is 0 Å². The summed E-state index contributed by atoms with van der Waals surface area (Å²) in [6.45, 7) is 0. The summed E-state index contributed by atoms with van der Waals surface area (Å²) in [7, 11) is -4.67. The van der Waals surface area contributed by atoms with Crippen LogP contribution in [0.2, 0.25) is 0 Å². The van der Waals surface area contributed by atoms with E-state index in [0.29, 0.717) is 4.47 Å². The first-order valence-corrected chi connectivity index (χ1v) is 6.01. The molecule has 0 saturated heterocycles. The van der Waals surface area contributed by atoms with E-state index in [-0.39, 0.29) is 11.4 Å². The third-order valence-electron chi connectivity index (χ3n) is 1.50. The number of alkyl halides is 2. The first-order valence-electron chi connectivity index (χ1n) is 3.68. The van der Waals surface area contributed by atoms with Crippen LogP contribution < -0.4 is 10.5 Å². The Morgan fingerprint density at radius 2 is 2.00 bits per heavy atom. The van der Waals surface area contributed by atoms with Crippen LogP contribution in [0, 0.1) is 0 Å². The monoisotopic (exact) mass is 300 g/mol. The van der Waals surface area contributed by atoms with Crippen molar-refractivity contribution in [3.8, 4) is 0 Å². The minimum absolute atomic E-state index is 0.0635. The summed E-state index contributed by atoms with van der Waals surface area (Å²) in [5.74, 6) is -3.49. The average molecular weight is 301 g/mol. The quantitative estimate of drug-likeness (QED) is 0.839. The van der Waals surface area contributed by atoms with Crippen LogP contribution in [0.5, 0.6) is 0 Å². The van der Waals surface area contributed by atoms with Gasteiger partial charge in [0, 0.05) is 4.47 Å². The number of hydrogen-bond donors (Lipinski definition) is 2. The van der Waals surface area contributed by atoms with Crippen LogP contribution >= 0.6 is 15.9 Å². The number of rotatable bonds is 3. The maximum absolute atomic E-state index is 12.0. The maximum atomic E-state index is 12.0. The fraction of sp³-hybridized carbons (Fsp3) is 0.143. The van der Waals surface area contributed by atoms with Crippen molar-refractivity contribution in [2.24, 2.45) is 0 Å². The van der Waals surface area contributed by atoms with E-state index in [1.165, 1.54) is 18.2 Å². The Morgan fingerprint density at radius 3 is 2.47 bits per heavy atom. The van der Waals surface area contributed by atoms with Crippen molar-refractivity contribution < 1.29 is 17.2 Å². The first kappa shape index (κ1) is 12.2. The SMILES string of the molecule is Nc1cc(Br)ccc1NS(=O)(=O)C(F)F. The predicted octanol–water partition coefficient (Wildman–Crippen LogP) is 2.00. The second-order valence-corrected chi connectivity index (χ2v) is 5.21. The lowest BCUT2D eigenvalue weighted by atomic mass is 10.3. The molecule has 0 heterocycles. The third kappa shape index (κ3) is 3.03. The van der Waals surface area contributed by atoms with Gasteiger partial charge in [-0.15, -0.1) is 0 Å². The highest BCUT2D eigenvalue weighted by Crippen LogP contribution is 2.24. The number of halogens is 3. The van der Waals surface area contributed by atoms with E-state index in [9.17, 15) is 17.2 Å². The number of nitrogens with two attached hydrogens (primary N) is 1. The van der Waals surface area contributed by atoms with Crippen molar-refractivity contribution in [1.82, 2.24) is 0 Å². The Morgan fingerprint density at radius 1 is 1.40 bits per heavy atom. The lowest BCUT2D eigenvalue weighted by Gasteiger charge is -2.09. The van der Waals surface area contributed by atoms with Crippen molar-refractivity contribution in [2.45, 2.75) is 5.76 Å². The fourth-order valence-corrected chi connectivity index (χ4v) is 1.78. The number of benzene rings is 1. The summed E-state index contributed by atoms with van der Waals surface area (Å²) in [4.78, 5) is 0. The molecule has 0 fully saturated rings. The smallest absolute Gasteiger partial charge is 0.355 e. The summed E-state index contributed by atoms with van der Waals surface area (Å²) >= 11 is 3.10. The summed E-state index contributed by atoms with van der Waals surface area (Å²) in [6.07, 6.45) is 0. The third-order valence-corrected chi connectivity index (χ3v) is 2.97. The number of hydrogen-bond acceptors (Lipinski definition) is 3. The van der Waals surface area contributed by atoms with Gasteiger partial charge in [0.05, 0.1) is 11.4 Å². The van der Waals surface area contributed by atoms with Crippen LogP contribution in [-0.2, 0) is 10.0 Å². The molecule has 3 N–H and O–H groups in total. The van der Waals surface area contributed by atoms with Crippen molar-refractivity contribution in [2.75, 3.05) is 10.5 Å². The van der Waals surface area contributed by atoms with Crippen molar-refractivity contribution in [1.29, 1.82) is 0 Å². The summed E-state index contributed by atoms with van der Waals surface area (Å²) in [6, 6.07) is 4.18. The largest absolute Gasteiger partial charge is 0.397 e. The summed E-state index contributed by atoms with van der Waals surface area (Å²) < 4.78 is 47.9. The second-order valence-electron chi connectivity index (χ2n) is 2.64. The van der Waals surface area contributed by atoms with Crippen LogP contribution in [-0.4, -0.2) is 14.2 Å². The maximum Gasteiger partial charge on any atom is 0.355 e. The number of nitrogens with one attached hydrogen (secondary N) is 1. The average Bonchev–Trinajstić information content (AvgIpc) is 2.09. The molecule has 0 aliphatic rings. The Kier molecular flexibility index (Phi) is 3.50. The molecule has 0 atom stereocenters. The molecule has 0 aromatic heterocycles. The normalized spacial score (nSPS) is 11.7. The van der Waals surface area contributed by atoms with Gasteiger partial charge < -0.3 is 5.73 Å². The van der Waals surface area contributed by atoms with E-state index in [0.717, 1.165) is 0 Å². The molecule has 8 heteroatoms. The molecule has 0 aliphatic carbocycles. The molecular formula is C7H7BrF2N2O2S. The van der Waals surface area contributed by atoms with Crippen molar-refractivity contribution in [3.05, 3.63) is 22.7 Å². The molecule has 0 aliphatic heterocycles. The van der Waals surface area contributed by atoms with Crippen LogP contribution in [0.3, 0.4) is 0 Å². The van der Waals surface area contributed by atoms with E-state index in [2.05, 4.69) is 15.9 Å². The summed E-state index contributed by atoms with van der Waals surface area (Å²) in [5, 5.41) is 0. The van der Waals surface area contributed by atoms with Crippen LogP contribution in [0.25, 0.3) is 0 Å². The molecule has 0 unspecified atom stereocenters. The van der Waals surface area contributed by atoms with Crippen LogP contribution in [0.15, 0.2) is 22.7 Å². The van der Waals surface area contributed by atoms with Gasteiger partial charge in [0.2, 0.25) is 0 Å². The molecule has 0 spiro atoms. The number of anilines is 2. The zero-order valence-electron chi connectivity index (χ0n) is 7.25. The zero-order valence-corrected chi connectivity index (χ0v) is 9.65. The van der Waals surface area contributed by atoms with Gasteiger partial charge in [0.25, 0.3) is 10.0 Å².